The minimum Gasteiger partial charge on any atom is -0.495 e. The fourth-order valence-corrected chi connectivity index (χ4v) is 4.99. The summed E-state index contributed by atoms with van der Waals surface area (Å²) in [5.41, 5.74) is -3.11. The smallest absolute Gasteiger partial charge is 0.447 e. The number of likely N-dealkylation sites (tertiary alicyclic amines) is 1. The van der Waals surface area contributed by atoms with Crippen LogP contribution in [0.4, 0.5) is 29.1 Å². The Morgan fingerprint density at radius 1 is 1.31 bits per heavy atom. The molecule has 1 aliphatic rings. The van der Waals surface area contributed by atoms with Crippen molar-refractivity contribution < 1.29 is 27.1 Å². The molecule has 13 heteroatoms. The second-order valence-electron chi connectivity index (χ2n) is 8.91. The van der Waals surface area contributed by atoms with Crippen molar-refractivity contribution in [2.75, 3.05) is 51.5 Å². The number of nitrogens with one attached hydrogen (secondary N) is 3. The number of ether oxygens (including phenoxy) is 1. The third kappa shape index (κ3) is 6.88. The molecule has 3 aromatic rings. The summed E-state index contributed by atoms with van der Waals surface area (Å²) in [5.74, 6) is 6.16. The Bertz CT molecular complexity index is 1400. The SMILES string of the molecule is CNC(=O)c1ccc(OC)c(NCC#Cc2cc3c(N[C@@H]4CCN(C)C[C@@H]4F)nccn3c2SC(F)(F)F)c1. The molecule has 1 aromatic carbocycles. The summed E-state index contributed by atoms with van der Waals surface area (Å²) >= 11 is -0.273. The fourth-order valence-electron chi connectivity index (χ4n) is 4.30. The zero-order valence-corrected chi connectivity index (χ0v) is 22.3. The number of anilines is 2. The minimum absolute atomic E-state index is 0.0678. The minimum atomic E-state index is -4.55. The highest BCUT2D eigenvalue weighted by Crippen LogP contribution is 2.40. The van der Waals surface area contributed by atoms with Crippen LogP contribution in [0.2, 0.25) is 0 Å². The molecule has 1 aliphatic heterocycles. The number of alkyl halides is 4. The maximum atomic E-state index is 14.6. The van der Waals surface area contributed by atoms with E-state index in [1.165, 1.54) is 37.0 Å². The first kappa shape index (κ1) is 28.4. The van der Waals surface area contributed by atoms with E-state index in [1.54, 1.807) is 18.2 Å². The van der Waals surface area contributed by atoms with Gasteiger partial charge in [0.1, 0.15) is 16.9 Å². The number of aromatic nitrogens is 2. The Kier molecular flexibility index (Phi) is 8.76. The van der Waals surface area contributed by atoms with Gasteiger partial charge in [0.25, 0.3) is 5.91 Å². The quantitative estimate of drug-likeness (QED) is 0.225. The van der Waals surface area contributed by atoms with E-state index in [9.17, 15) is 22.4 Å². The standard InChI is InChI=1S/C26H28F4N6O2S/c1-31-24(37)16-6-7-22(38-3)20(13-16)32-9-4-5-17-14-21-23(34-19-8-11-35(2)15-18(19)27)33-10-12-36(21)25(17)39-26(28,29)30/h6-7,10,12-14,18-19,32H,8-9,11,15H2,1-3H3,(H,31,37)(H,33,34)/t18-,19+/m0/s1. The zero-order valence-electron chi connectivity index (χ0n) is 21.5. The first-order valence-electron chi connectivity index (χ1n) is 12.1. The van der Waals surface area contributed by atoms with Gasteiger partial charge in [-0.2, -0.15) is 13.2 Å². The summed E-state index contributed by atoms with van der Waals surface area (Å²) < 4.78 is 61.7. The number of nitrogens with zero attached hydrogens (tertiary/aromatic N) is 3. The van der Waals surface area contributed by atoms with Crippen LogP contribution in [0, 0.1) is 11.8 Å². The second-order valence-corrected chi connectivity index (χ2v) is 9.96. The Labute approximate surface area is 227 Å². The highest BCUT2D eigenvalue weighted by Gasteiger charge is 2.33. The molecule has 3 N–H and O–H groups in total. The van der Waals surface area contributed by atoms with Crippen molar-refractivity contribution in [2.45, 2.75) is 29.2 Å². The van der Waals surface area contributed by atoms with E-state index in [0.29, 0.717) is 41.3 Å². The fraction of sp³-hybridized carbons (Fsp3) is 0.385. The van der Waals surface area contributed by atoms with Crippen molar-refractivity contribution in [3.8, 4) is 17.6 Å². The molecule has 0 aliphatic carbocycles. The number of amides is 1. The molecule has 2 atom stereocenters. The highest BCUT2D eigenvalue weighted by atomic mass is 32.2. The zero-order chi connectivity index (χ0) is 28.2. The van der Waals surface area contributed by atoms with E-state index in [1.807, 2.05) is 11.9 Å². The first-order chi connectivity index (χ1) is 18.6. The molecule has 39 heavy (non-hydrogen) atoms. The van der Waals surface area contributed by atoms with Gasteiger partial charge in [-0.15, -0.1) is 0 Å². The van der Waals surface area contributed by atoms with E-state index in [4.69, 9.17) is 4.74 Å². The normalized spacial score (nSPS) is 17.8. The lowest BCUT2D eigenvalue weighted by Gasteiger charge is -2.33. The van der Waals surface area contributed by atoms with E-state index >= 15 is 0 Å². The van der Waals surface area contributed by atoms with Crippen LogP contribution >= 0.6 is 11.8 Å². The van der Waals surface area contributed by atoms with Gasteiger partial charge in [-0.3, -0.25) is 4.79 Å². The van der Waals surface area contributed by atoms with Crippen molar-refractivity contribution >= 4 is 34.7 Å². The van der Waals surface area contributed by atoms with E-state index in [2.05, 4.69) is 32.8 Å². The lowest BCUT2D eigenvalue weighted by Crippen LogP contribution is -2.46. The number of thioether (sulfide) groups is 1. The molecule has 0 spiro atoms. The average molecular weight is 565 g/mol. The predicted octanol–water partition coefficient (Wildman–Crippen LogP) is 4.23. The molecule has 1 fully saturated rings. The Morgan fingerprint density at radius 2 is 2.10 bits per heavy atom. The van der Waals surface area contributed by atoms with Crippen LogP contribution in [0.5, 0.6) is 5.75 Å². The maximum absolute atomic E-state index is 14.6. The van der Waals surface area contributed by atoms with Crippen molar-refractivity contribution in [3.63, 3.8) is 0 Å². The third-order valence-corrected chi connectivity index (χ3v) is 7.05. The predicted molar refractivity (Wildman–Crippen MR) is 143 cm³/mol. The van der Waals surface area contributed by atoms with Gasteiger partial charge in [-0.25, -0.2) is 9.37 Å². The van der Waals surface area contributed by atoms with Crippen LogP contribution in [0.25, 0.3) is 5.52 Å². The van der Waals surface area contributed by atoms with Crippen LogP contribution < -0.4 is 20.7 Å². The largest absolute Gasteiger partial charge is 0.495 e. The number of hydrogen-bond acceptors (Lipinski definition) is 7. The van der Waals surface area contributed by atoms with Crippen LogP contribution in [-0.4, -0.2) is 78.8 Å². The summed E-state index contributed by atoms with van der Waals surface area (Å²) in [7, 11) is 4.84. The lowest BCUT2D eigenvalue weighted by molar-refractivity contribution is -0.0329. The third-order valence-electron chi connectivity index (χ3n) is 6.21. The maximum Gasteiger partial charge on any atom is 0.447 e. The van der Waals surface area contributed by atoms with E-state index < -0.39 is 17.7 Å². The van der Waals surface area contributed by atoms with Gasteiger partial charge in [-0.1, -0.05) is 11.8 Å². The number of halogens is 4. The monoisotopic (exact) mass is 564 g/mol. The number of piperidine rings is 1. The van der Waals surface area contributed by atoms with E-state index in [0.717, 1.165) is 0 Å². The van der Waals surface area contributed by atoms with Gasteiger partial charge < -0.3 is 30.0 Å². The molecule has 2 aromatic heterocycles. The summed E-state index contributed by atoms with van der Waals surface area (Å²) in [4.78, 5) is 18.1. The van der Waals surface area contributed by atoms with Crippen LogP contribution in [0.3, 0.4) is 0 Å². The van der Waals surface area contributed by atoms with Gasteiger partial charge in [0.2, 0.25) is 0 Å². The number of rotatable bonds is 7. The number of hydrogen-bond donors (Lipinski definition) is 3. The molecule has 0 unspecified atom stereocenters. The molecule has 3 heterocycles. The molecule has 1 amide bonds. The highest BCUT2D eigenvalue weighted by molar-refractivity contribution is 8.00. The molecule has 208 valence electrons. The molecule has 0 bridgehead atoms. The molecule has 8 nitrogen and oxygen atoms in total. The number of fused-ring (bicyclic) bond motifs is 1. The van der Waals surface area contributed by atoms with Gasteiger partial charge in [0.05, 0.1) is 36.5 Å². The summed E-state index contributed by atoms with van der Waals surface area (Å²) in [5, 5.41) is 8.56. The van der Waals surface area contributed by atoms with Crippen molar-refractivity contribution in [2.24, 2.45) is 0 Å². The number of carbonyl (C=O) groups excluding carboxylic acids is 1. The molecule has 0 saturated carbocycles. The van der Waals surface area contributed by atoms with Gasteiger partial charge in [0.15, 0.2) is 5.82 Å². The van der Waals surface area contributed by atoms with Crippen molar-refractivity contribution in [3.05, 3.63) is 47.8 Å². The van der Waals surface area contributed by atoms with Crippen LogP contribution in [0.15, 0.2) is 41.7 Å². The summed E-state index contributed by atoms with van der Waals surface area (Å²) in [6, 6.07) is 5.85. The molecular formula is C26H28F4N6O2S. The lowest BCUT2D eigenvalue weighted by atomic mass is 10.0. The van der Waals surface area contributed by atoms with Crippen LogP contribution in [0.1, 0.15) is 22.3 Å². The molecular weight excluding hydrogens is 536 g/mol. The average Bonchev–Trinajstić information content (AvgIpc) is 3.24. The van der Waals surface area contributed by atoms with Gasteiger partial charge in [0, 0.05) is 49.9 Å². The van der Waals surface area contributed by atoms with Crippen molar-refractivity contribution in [1.82, 2.24) is 19.6 Å². The van der Waals surface area contributed by atoms with Crippen molar-refractivity contribution in [1.29, 1.82) is 0 Å². The number of benzene rings is 1. The number of methoxy groups -OCH3 is 1. The summed E-state index contributed by atoms with van der Waals surface area (Å²) in [6.07, 6.45) is 2.19. The summed E-state index contributed by atoms with van der Waals surface area (Å²) in [6.45, 7) is 1.02. The van der Waals surface area contributed by atoms with Crippen LogP contribution in [-0.2, 0) is 0 Å². The number of carbonyl (C=O) groups is 1. The molecule has 0 radical (unpaired) electrons. The molecule has 4 rings (SSSR count). The molecule has 1 saturated heterocycles. The second kappa shape index (κ2) is 12.0. The van der Waals surface area contributed by atoms with E-state index in [-0.39, 0.29) is 41.3 Å². The van der Waals surface area contributed by atoms with Gasteiger partial charge >= 0.3 is 5.51 Å². The van der Waals surface area contributed by atoms with Gasteiger partial charge in [-0.05, 0) is 37.7 Å². The Morgan fingerprint density at radius 3 is 2.79 bits per heavy atom. The first-order valence-corrected chi connectivity index (χ1v) is 12.9. The topological polar surface area (TPSA) is 82.9 Å². The Hall–Kier alpha value is -3.63. The Balaban J connectivity index is 1.61.